The van der Waals surface area contributed by atoms with Crippen molar-refractivity contribution in [2.45, 2.75) is 51.3 Å². The fourth-order valence-electron chi connectivity index (χ4n) is 4.81. The van der Waals surface area contributed by atoms with Crippen molar-refractivity contribution in [1.82, 2.24) is 19.5 Å². The molecule has 4 aromatic rings. The van der Waals surface area contributed by atoms with Crippen molar-refractivity contribution in [1.29, 1.82) is 0 Å². The maximum atomic E-state index is 15.9. The summed E-state index contributed by atoms with van der Waals surface area (Å²) in [6, 6.07) is 17.5. The number of hydrogen-bond acceptors (Lipinski definition) is 9. The molecule has 0 saturated carbocycles. The van der Waals surface area contributed by atoms with Gasteiger partial charge in [-0.2, -0.15) is 9.97 Å². The number of methoxy groups -OCH3 is 1. The Morgan fingerprint density at radius 2 is 1.90 bits per heavy atom. The van der Waals surface area contributed by atoms with E-state index in [2.05, 4.69) is 15.0 Å². The minimum Gasteiger partial charge on any atom is -0.479 e. The molecule has 10 nitrogen and oxygen atoms in total. The lowest BCUT2D eigenvalue weighted by molar-refractivity contribution is -0.0551. The summed E-state index contributed by atoms with van der Waals surface area (Å²) in [6.45, 7) is 3.44. The maximum absolute atomic E-state index is 15.9. The molecule has 0 amide bonds. The number of nitrogens with zero attached hydrogens (tertiary/aromatic N) is 4. The molecular formula is C28H33FN5O5P. The number of fused-ring (bicyclic) bond motifs is 1. The van der Waals surface area contributed by atoms with E-state index in [0.717, 1.165) is 16.7 Å². The second-order valence-corrected chi connectivity index (χ2v) is 12.3. The van der Waals surface area contributed by atoms with E-state index >= 15 is 4.39 Å². The molecule has 3 unspecified atom stereocenters. The monoisotopic (exact) mass is 569 g/mol. The molecule has 2 aromatic carbocycles. The van der Waals surface area contributed by atoms with Gasteiger partial charge in [-0.15, -0.1) is 0 Å². The van der Waals surface area contributed by atoms with Crippen LogP contribution in [0.1, 0.15) is 36.3 Å². The number of benzene rings is 2. The van der Waals surface area contributed by atoms with Gasteiger partial charge >= 0.3 is 7.60 Å². The van der Waals surface area contributed by atoms with Crippen molar-refractivity contribution in [3.63, 3.8) is 0 Å². The lowest BCUT2D eigenvalue weighted by atomic mass is 10.0. The number of imidazole rings is 1. The van der Waals surface area contributed by atoms with E-state index < -0.39 is 25.6 Å². The van der Waals surface area contributed by atoms with E-state index in [-0.39, 0.29) is 43.3 Å². The van der Waals surface area contributed by atoms with Gasteiger partial charge in [0.05, 0.1) is 38.9 Å². The molecule has 1 aliphatic heterocycles. The fraction of sp³-hybridized carbons (Fsp3) is 0.393. The van der Waals surface area contributed by atoms with Gasteiger partial charge < -0.3 is 24.3 Å². The molecule has 3 heterocycles. The summed E-state index contributed by atoms with van der Waals surface area (Å²) < 4.78 is 54.5. The summed E-state index contributed by atoms with van der Waals surface area (Å²) in [7, 11) is -2.14. The zero-order chi connectivity index (χ0) is 28.3. The number of aromatic nitrogens is 4. The van der Waals surface area contributed by atoms with Crippen LogP contribution in [0.2, 0.25) is 0 Å². The molecule has 212 valence electrons. The van der Waals surface area contributed by atoms with Crippen molar-refractivity contribution in [2.24, 2.45) is 0 Å². The Hall–Kier alpha value is -3.37. The number of nitrogen functional groups attached to an aromatic ring is 1. The highest BCUT2D eigenvalue weighted by atomic mass is 31.2. The largest absolute Gasteiger partial charge is 0.479 e. The Balaban J connectivity index is 1.31. The lowest BCUT2D eigenvalue weighted by Crippen LogP contribution is -2.27. The molecule has 2 aromatic heterocycles. The third-order valence-corrected chi connectivity index (χ3v) is 8.80. The van der Waals surface area contributed by atoms with Crippen LogP contribution in [-0.2, 0) is 31.4 Å². The summed E-state index contributed by atoms with van der Waals surface area (Å²) >= 11 is 0. The van der Waals surface area contributed by atoms with Crippen molar-refractivity contribution in [3.8, 4) is 5.88 Å². The summed E-state index contributed by atoms with van der Waals surface area (Å²) in [5.41, 5.74) is 7.61. The first-order valence-electron chi connectivity index (χ1n) is 13.0. The molecule has 40 heavy (non-hydrogen) atoms. The second-order valence-electron chi connectivity index (χ2n) is 10.1. The normalized spacial score (nSPS) is 22.4. The first-order valence-corrected chi connectivity index (χ1v) is 14.8. The van der Waals surface area contributed by atoms with Crippen molar-refractivity contribution >= 4 is 24.7 Å². The molecule has 2 N–H and O–H groups in total. The number of rotatable bonds is 11. The Morgan fingerprint density at radius 1 is 1.15 bits per heavy atom. The molecule has 0 aliphatic carbocycles. The fourth-order valence-corrected chi connectivity index (χ4v) is 6.40. The minimum atomic E-state index is -3.58. The zero-order valence-corrected chi connectivity index (χ0v) is 23.6. The average molecular weight is 570 g/mol. The first-order chi connectivity index (χ1) is 19.2. The average Bonchev–Trinajstić information content (AvgIpc) is 3.49. The Morgan fingerprint density at radius 3 is 2.65 bits per heavy atom. The van der Waals surface area contributed by atoms with Gasteiger partial charge in [-0.3, -0.25) is 9.13 Å². The third-order valence-electron chi connectivity index (χ3n) is 6.97. The highest BCUT2D eigenvalue weighted by Gasteiger charge is 2.48. The van der Waals surface area contributed by atoms with Gasteiger partial charge in [0.2, 0.25) is 11.8 Å². The number of halogens is 1. The highest BCUT2D eigenvalue weighted by molar-refractivity contribution is 7.53. The maximum Gasteiger partial charge on any atom is 0.331 e. The minimum absolute atomic E-state index is 0.00548. The quantitative estimate of drug-likeness (QED) is 0.236. The third kappa shape index (κ3) is 6.18. The Bertz CT molecular complexity index is 1520. The van der Waals surface area contributed by atoms with Crippen molar-refractivity contribution in [2.75, 3.05) is 25.6 Å². The highest BCUT2D eigenvalue weighted by Crippen LogP contribution is 2.51. The standard InChI is InChI=1S/C28H33FN5O5P/c1-19-9-7-8-12-21(19)16-37-40(35,14-13-20-10-5-4-6-11-20)38-17-22-15-28(2,29)26(39-22)34-18-31-23-24(34)32-27(30)33-25(23)36-3/h4-12,18,22,26H,13-17H2,1-3H3,(H2,30,32,33)/t22?,26?,28-,40?/m1/s1. The molecular weight excluding hydrogens is 536 g/mol. The number of ether oxygens (including phenoxy) is 2. The van der Waals surface area contributed by atoms with Crippen LogP contribution in [0.4, 0.5) is 10.3 Å². The number of anilines is 1. The van der Waals surface area contributed by atoms with Gasteiger partial charge in [-0.05, 0) is 37.0 Å². The van der Waals surface area contributed by atoms with Crippen LogP contribution in [0.25, 0.3) is 11.2 Å². The zero-order valence-electron chi connectivity index (χ0n) is 22.7. The summed E-state index contributed by atoms with van der Waals surface area (Å²) in [6.07, 6.45) is 0.348. The molecule has 5 rings (SSSR count). The number of aryl methyl sites for hydroxylation is 2. The van der Waals surface area contributed by atoms with Gasteiger partial charge in [0.25, 0.3) is 0 Å². The number of nitrogens with two attached hydrogens (primary N) is 1. The van der Waals surface area contributed by atoms with Crippen LogP contribution in [0, 0.1) is 6.92 Å². The molecule has 1 saturated heterocycles. The van der Waals surface area contributed by atoms with E-state index in [4.69, 9.17) is 24.3 Å². The number of hydrogen-bond donors (Lipinski definition) is 1. The van der Waals surface area contributed by atoms with E-state index in [9.17, 15) is 4.57 Å². The molecule has 0 radical (unpaired) electrons. The van der Waals surface area contributed by atoms with E-state index in [1.807, 2.05) is 61.5 Å². The molecule has 4 atom stereocenters. The molecule has 0 bridgehead atoms. The number of alkyl halides is 1. The lowest BCUT2D eigenvalue weighted by Gasteiger charge is -2.23. The van der Waals surface area contributed by atoms with E-state index in [1.165, 1.54) is 24.9 Å². The predicted molar refractivity (Wildman–Crippen MR) is 149 cm³/mol. The first kappa shape index (κ1) is 28.2. The SMILES string of the molecule is COc1nc(N)nc2c1ncn2C1OC(COP(=O)(CCc2ccccc2)OCc2ccccc2C)C[C@@]1(C)F. The van der Waals surface area contributed by atoms with E-state index in [1.54, 1.807) is 0 Å². The topological polar surface area (TPSA) is 124 Å². The summed E-state index contributed by atoms with van der Waals surface area (Å²) in [5.74, 6) is 0.152. The van der Waals surface area contributed by atoms with Crippen LogP contribution >= 0.6 is 7.60 Å². The van der Waals surface area contributed by atoms with Crippen LogP contribution in [0.15, 0.2) is 60.9 Å². The van der Waals surface area contributed by atoms with Crippen molar-refractivity contribution in [3.05, 3.63) is 77.6 Å². The smallest absolute Gasteiger partial charge is 0.331 e. The molecule has 0 spiro atoms. The summed E-state index contributed by atoms with van der Waals surface area (Å²) in [4.78, 5) is 12.5. The summed E-state index contributed by atoms with van der Waals surface area (Å²) in [5, 5.41) is 0. The van der Waals surface area contributed by atoms with Crippen LogP contribution in [0.3, 0.4) is 0 Å². The molecule has 1 fully saturated rings. The van der Waals surface area contributed by atoms with Gasteiger partial charge in [0.1, 0.15) is 0 Å². The van der Waals surface area contributed by atoms with Crippen LogP contribution in [-0.4, -0.2) is 51.2 Å². The van der Waals surface area contributed by atoms with Gasteiger partial charge in [-0.25, -0.2) is 9.37 Å². The predicted octanol–water partition coefficient (Wildman–Crippen LogP) is 5.41. The Labute approximate surface area is 232 Å². The van der Waals surface area contributed by atoms with Crippen molar-refractivity contribution < 1.29 is 27.5 Å². The van der Waals surface area contributed by atoms with Gasteiger partial charge in [-0.1, -0.05) is 54.6 Å². The van der Waals surface area contributed by atoms with Crippen LogP contribution in [0.5, 0.6) is 5.88 Å². The second kappa shape index (κ2) is 11.6. The molecule has 12 heteroatoms. The van der Waals surface area contributed by atoms with E-state index in [0.29, 0.717) is 11.9 Å². The van der Waals surface area contributed by atoms with Crippen LogP contribution < -0.4 is 10.5 Å². The Kier molecular flexibility index (Phi) is 8.19. The van der Waals surface area contributed by atoms with Gasteiger partial charge in [0.15, 0.2) is 23.1 Å². The van der Waals surface area contributed by atoms with Gasteiger partial charge in [0, 0.05) is 6.42 Å². The molecule has 1 aliphatic rings.